The molecule has 1 saturated carbocycles. The molecule has 1 saturated heterocycles. The minimum atomic E-state index is -1.52. The molecule has 2 fully saturated rings. The number of hydrogen-bond acceptors (Lipinski definition) is 9. The Bertz CT molecular complexity index is 1630. The zero-order valence-electron chi connectivity index (χ0n) is 25.4. The molecule has 13 nitrogen and oxygen atoms in total. The van der Waals surface area contributed by atoms with Crippen molar-refractivity contribution < 1.29 is 34.2 Å². The van der Waals surface area contributed by atoms with Crippen LogP contribution in [0.15, 0.2) is 54.4 Å². The highest BCUT2D eigenvalue weighted by Gasteiger charge is 2.61. The van der Waals surface area contributed by atoms with Crippen LogP contribution in [0, 0.1) is 11.8 Å². The number of carbonyl (C=O) groups is 4. The van der Waals surface area contributed by atoms with Crippen LogP contribution in [-0.4, -0.2) is 103 Å². The number of likely N-dealkylation sites (tertiary alicyclic amines) is 1. The Morgan fingerprint density at radius 3 is 2.40 bits per heavy atom. The van der Waals surface area contributed by atoms with Crippen molar-refractivity contribution in [2.45, 2.75) is 50.4 Å². The predicted octanol–water partition coefficient (Wildman–Crippen LogP) is 3.25. The highest BCUT2D eigenvalue weighted by atomic mass is 32.1. The van der Waals surface area contributed by atoms with Crippen LogP contribution in [0.4, 0.5) is 4.79 Å². The first-order chi connectivity index (χ1) is 21.4. The standard InChI is InChI=1S/C31H36N6O7S/c1-6-18-15-31(18,29(40)41)34-26(38)22-14-19(16-36(22)28(39)25(17(2)3)37(43)30(42)35(4)5)44-27-24(23-12-9-13-45-23)32-20-10-7-8-11-21(20)33-27/h6-13,17-19,22,25,43H,1,14-16H2,2-5H3,(H,34,38)(H,40,41)/t18-,19-,22+,25?,31?/m1/s1. The van der Waals surface area contributed by atoms with E-state index in [9.17, 15) is 29.5 Å². The quantitative estimate of drug-likeness (QED) is 0.172. The lowest BCUT2D eigenvalue weighted by molar-refractivity contribution is -0.159. The summed E-state index contributed by atoms with van der Waals surface area (Å²) in [6.07, 6.45) is 0.903. The number of carboxylic acids is 1. The Hall–Kier alpha value is -4.56. The molecule has 0 spiro atoms. The summed E-state index contributed by atoms with van der Waals surface area (Å²) in [5.41, 5.74) is 0.245. The lowest BCUT2D eigenvalue weighted by Crippen LogP contribution is -2.58. The van der Waals surface area contributed by atoms with Crippen molar-refractivity contribution in [3.8, 4) is 16.5 Å². The van der Waals surface area contributed by atoms with E-state index >= 15 is 0 Å². The summed E-state index contributed by atoms with van der Waals surface area (Å²) in [6.45, 7) is 6.92. The minimum Gasteiger partial charge on any atom is -0.479 e. The molecule has 2 aromatic heterocycles. The number of benzene rings is 1. The third kappa shape index (κ3) is 6.07. The molecule has 0 bridgehead atoms. The van der Waals surface area contributed by atoms with Gasteiger partial charge in [0.2, 0.25) is 17.7 Å². The van der Waals surface area contributed by atoms with E-state index in [4.69, 9.17) is 14.7 Å². The van der Waals surface area contributed by atoms with E-state index in [1.807, 2.05) is 35.7 Å². The molecule has 45 heavy (non-hydrogen) atoms. The van der Waals surface area contributed by atoms with E-state index in [0.29, 0.717) is 21.8 Å². The Balaban J connectivity index is 1.49. The average molecular weight is 637 g/mol. The molecule has 4 amide bonds. The number of aliphatic carboxylic acids is 1. The van der Waals surface area contributed by atoms with Gasteiger partial charge in [-0.1, -0.05) is 38.1 Å². The number of carbonyl (C=O) groups excluding carboxylic acids is 3. The zero-order valence-corrected chi connectivity index (χ0v) is 26.2. The molecule has 5 rings (SSSR count). The summed E-state index contributed by atoms with van der Waals surface area (Å²) in [4.78, 5) is 65.4. The number of thiophene rings is 1. The van der Waals surface area contributed by atoms with Gasteiger partial charge in [0.05, 0.1) is 22.5 Å². The molecule has 2 unspecified atom stereocenters. The van der Waals surface area contributed by atoms with Gasteiger partial charge in [-0.3, -0.25) is 14.8 Å². The number of nitrogens with one attached hydrogen (secondary N) is 1. The summed E-state index contributed by atoms with van der Waals surface area (Å²) >= 11 is 1.46. The third-order valence-corrected chi connectivity index (χ3v) is 9.05. The van der Waals surface area contributed by atoms with Gasteiger partial charge in [-0.15, -0.1) is 17.9 Å². The van der Waals surface area contributed by atoms with Gasteiger partial charge in [-0.05, 0) is 35.9 Å². The van der Waals surface area contributed by atoms with Crippen molar-refractivity contribution in [1.82, 2.24) is 30.1 Å². The second-order valence-electron chi connectivity index (χ2n) is 11.8. The maximum atomic E-state index is 14.1. The van der Waals surface area contributed by atoms with E-state index in [1.165, 1.54) is 36.4 Å². The van der Waals surface area contributed by atoms with Gasteiger partial charge in [0.25, 0.3) is 0 Å². The van der Waals surface area contributed by atoms with Crippen LogP contribution in [0.25, 0.3) is 21.6 Å². The first kappa shape index (κ1) is 31.9. The number of ether oxygens (including phenoxy) is 1. The van der Waals surface area contributed by atoms with Crippen LogP contribution >= 0.6 is 11.3 Å². The molecule has 3 heterocycles. The summed E-state index contributed by atoms with van der Waals surface area (Å²) in [7, 11) is 2.88. The number of amides is 4. The highest BCUT2D eigenvalue weighted by Crippen LogP contribution is 2.45. The van der Waals surface area contributed by atoms with Crippen molar-refractivity contribution in [2.75, 3.05) is 20.6 Å². The molecule has 238 valence electrons. The van der Waals surface area contributed by atoms with Crippen molar-refractivity contribution in [1.29, 1.82) is 0 Å². The van der Waals surface area contributed by atoms with Crippen LogP contribution in [0.5, 0.6) is 5.88 Å². The van der Waals surface area contributed by atoms with Crippen molar-refractivity contribution in [3.05, 3.63) is 54.4 Å². The molecule has 0 radical (unpaired) electrons. The molecule has 1 aromatic carbocycles. The SMILES string of the molecule is C=C[C@@H]1CC1(NC(=O)[C@@H]1C[C@@H](Oc2nc3ccccc3nc2-c2cccs2)CN1C(=O)C(C(C)C)N(O)C(=O)N(C)C)C(=O)O. The summed E-state index contributed by atoms with van der Waals surface area (Å²) in [5, 5.41) is 25.6. The van der Waals surface area contributed by atoms with Crippen LogP contribution in [0.1, 0.15) is 26.7 Å². The second-order valence-corrected chi connectivity index (χ2v) is 12.8. The van der Waals surface area contributed by atoms with E-state index < -0.39 is 59.4 Å². The van der Waals surface area contributed by atoms with E-state index in [2.05, 4.69) is 11.9 Å². The minimum absolute atomic E-state index is 0.00227. The largest absolute Gasteiger partial charge is 0.479 e. The number of para-hydroxylation sites is 2. The normalized spacial score (nSPS) is 23.0. The maximum Gasteiger partial charge on any atom is 0.343 e. The van der Waals surface area contributed by atoms with Gasteiger partial charge in [0.1, 0.15) is 29.4 Å². The summed E-state index contributed by atoms with van der Waals surface area (Å²) in [5.74, 6) is -3.35. The first-order valence-electron chi connectivity index (χ1n) is 14.5. The Morgan fingerprint density at radius 1 is 1.16 bits per heavy atom. The Kier molecular flexibility index (Phi) is 8.81. The molecule has 5 atom stereocenters. The Morgan fingerprint density at radius 2 is 1.84 bits per heavy atom. The van der Waals surface area contributed by atoms with Gasteiger partial charge >= 0.3 is 12.0 Å². The fraction of sp³-hybridized carbons (Fsp3) is 0.419. The third-order valence-electron chi connectivity index (χ3n) is 8.17. The van der Waals surface area contributed by atoms with Gasteiger partial charge in [0.15, 0.2) is 0 Å². The fourth-order valence-corrected chi connectivity index (χ4v) is 6.36. The topological polar surface area (TPSA) is 165 Å². The molecule has 3 aromatic rings. The first-order valence-corrected chi connectivity index (χ1v) is 15.4. The maximum absolute atomic E-state index is 14.1. The summed E-state index contributed by atoms with van der Waals surface area (Å²) < 4.78 is 6.40. The van der Waals surface area contributed by atoms with Crippen molar-refractivity contribution in [2.24, 2.45) is 11.8 Å². The summed E-state index contributed by atoms with van der Waals surface area (Å²) in [6, 6.07) is 7.80. The smallest absolute Gasteiger partial charge is 0.343 e. The van der Waals surface area contributed by atoms with Crippen molar-refractivity contribution >= 4 is 46.2 Å². The molecule has 1 aliphatic heterocycles. The van der Waals surface area contributed by atoms with Gasteiger partial charge in [0, 0.05) is 26.4 Å². The van der Waals surface area contributed by atoms with Crippen molar-refractivity contribution in [3.63, 3.8) is 0 Å². The number of fused-ring (bicyclic) bond motifs is 1. The second kappa shape index (κ2) is 12.4. The molecule has 1 aliphatic carbocycles. The molecular weight excluding hydrogens is 600 g/mol. The number of urea groups is 1. The van der Waals surface area contributed by atoms with E-state index in [0.717, 1.165) is 9.78 Å². The average Bonchev–Trinajstić information content (AvgIpc) is 3.31. The molecule has 2 aliphatic rings. The van der Waals surface area contributed by atoms with Crippen LogP contribution in [-0.2, 0) is 14.4 Å². The lowest BCUT2D eigenvalue weighted by atomic mass is 10.0. The molecular formula is C31H36N6O7S. The van der Waals surface area contributed by atoms with Gasteiger partial charge < -0.3 is 25.0 Å². The molecule has 3 N–H and O–H groups in total. The lowest BCUT2D eigenvalue weighted by Gasteiger charge is -2.34. The monoisotopic (exact) mass is 636 g/mol. The highest BCUT2D eigenvalue weighted by molar-refractivity contribution is 7.13. The van der Waals surface area contributed by atoms with Crippen LogP contribution in [0.3, 0.4) is 0 Å². The number of hydrogen-bond donors (Lipinski definition) is 3. The number of rotatable bonds is 10. The number of carboxylic acid groups (broad SMARTS) is 1. The van der Waals surface area contributed by atoms with E-state index in [-0.39, 0.29) is 25.3 Å². The number of nitrogens with zero attached hydrogens (tertiary/aromatic N) is 5. The fourth-order valence-electron chi connectivity index (χ4n) is 5.66. The predicted molar refractivity (Wildman–Crippen MR) is 166 cm³/mol. The number of aromatic nitrogens is 2. The number of hydroxylamine groups is 2. The molecule has 14 heteroatoms. The van der Waals surface area contributed by atoms with E-state index in [1.54, 1.807) is 19.9 Å². The van der Waals surface area contributed by atoms with Gasteiger partial charge in [-0.25, -0.2) is 19.6 Å². The van der Waals surface area contributed by atoms with Crippen LogP contribution in [0.2, 0.25) is 0 Å². The van der Waals surface area contributed by atoms with Gasteiger partial charge in [-0.2, -0.15) is 5.06 Å². The zero-order chi connectivity index (χ0) is 32.6. The Labute approximate surface area is 264 Å². The van der Waals surface area contributed by atoms with Crippen LogP contribution < -0.4 is 10.1 Å².